The van der Waals surface area contributed by atoms with E-state index in [0.29, 0.717) is 0 Å². The molecule has 3 aromatic rings. The van der Waals surface area contributed by atoms with Crippen LogP contribution in [0.15, 0.2) is 60.9 Å². The van der Waals surface area contributed by atoms with Crippen molar-refractivity contribution < 1.29 is 13.9 Å². The molecular weight excluding hydrogens is 357 g/mol. The Morgan fingerprint density at radius 2 is 1.86 bits per heavy atom. The van der Waals surface area contributed by atoms with Crippen LogP contribution in [0.1, 0.15) is 39.3 Å². The maximum Gasteiger partial charge on any atom is 0.408 e. The van der Waals surface area contributed by atoms with Crippen molar-refractivity contribution in [2.45, 2.75) is 39.3 Å². The quantitative estimate of drug-likeness (QED) is 0.670. The first-order chi connectivity index (χ1) is 13.2. The molecule has 0 saturated carbocycles. The summed E-state index contributed by atoms with van der Waals surface area (Å²) < 4.78 is 20.1. The van der Waals surface area contributed by atoms with Crippen LogP contribution in [0.4, 0.5) is 9.18 Å². The summed E-state index contributed by atoms with van der Waals surface area (Å²) in [6.45, 7) is 7.40. The molecule has 5 nitrogen and oxygen atoms in total. The molecule has 1 heterocycles. The highest BCUT2D eigenvalue weighted by Gasteiger charge is 2.18. The standard InChI is InChI=1S/C22H24FN3O2/c1-15(25-21(27)28-22(2,3)4)16-6-5-7-17(12-16)18-13-24-26(14-18)20-10-8-19(23)9-11-20/h5-15H,1-4H3,(H,25,27)/t15-/m1/s1. The zero-order valence-electron chi connectivity index (χ0n) is 16.4. The first kappa shape index (κ1) is 19.6. The average molecular weight is 381 g/mol. The molecule has 0 bridgehead atoms. The summed E-state index contributed by atoms with van der Waals surface area (Å²) in [6, 6.07) is 13.8. The third-order valence-corrected chi connectivity index (χ3v) is 4.13. The molecule has 0 aliphatic carbocycles. The first-order valence-electron chi connectivity index (χ1n) is 9.12. The largest absolute Gasteiger partial charge is 0.444 e. The lowest BCUT2D eigenvalue weighted by atomic mass is 10.0. The normalized spacial score (nSPS) is 12.5. The summed E-state index contributed by atoms with van der Waals surface area (Å²) in [5.41, 5.74) is 3.10. The third kappa shape index (κ3) is 4.97. The van der Waals surface area contributed by atoms with Crippen molar-refractivity contribution in [2.24, 2.45) is 0 Å². The molecule has 146 valence electrons. The highest BCUT2D eigenvalue weighted by atomic mass is 19.1. The molecule has 0 fully saturated rings. The van der Waals surface area contributed by atoms with E-state index in [-0.39, 0.29) is 11.9 Å². The van der Waals surface area contributed by atoms with Gasteiger partial charge in [0.2, 0.25) is 0 Å². The van der Waals surface area contributed by atoms with Gasteiger partial charge in [0.25, 0.3) is 0 Å². The van der Waals surface area contributed by atoms with Gasteiger partial charge in [0.1, 0.15) is 11.4 Å². The van der Waals surface area contributed by atoms with Crippen LogP contribution >= 0.6 is 0 Å². The van der Waals surface area contributed by atoms with Crippen molar-refractivity contribution in [1.29, 1.82) is 0 Å². The zero-order chi connectivity index (χ0) is 20.3. The number of alkyl carbamates (subject to hydrolysis) is 1. The molecule has 1 amide bonds. The molecule has 3 rings (SSSR count). The van der Waals surface area contributed by atoms with Gasteiger partial charge < -0.3 is 10.1 Å². The van der Waals surface area contributed by atoms with Crippen molar-refractivity contribution in [2.75, 3.05) is 0 Å². The van der Waals surface area contributed by atoms with Crippen LogP contribution in [0, 0.1) is 5.82 Å². The maximum absolute atomic E-state index is 13.1. The van der Waals surface area contributed by atoms with Gasteiger partial charge in [0.15, 0.2) is 0 Å². The minimum absolute atomic E-state index is 0.207. The van der Waals surface area contributed by atoms with Crippen LogP contribution in [0.25, 0.3) is 16.8 Å². The molecule has 0 aliphatic heterocycles. The lowest BCUT2D eigenvalue weighted by Crippen LogP contribution is -2.34. The van der Waals surface area contributed by atoms with Crippen LogP contribution in [0.2, 0.25) is 0 Å². The highest BCUT2D eigenvalue weighted by Crippen LogP contribution is 2.24. The fraction of sp³-hybridized carbons (Fsp3) is 0.273. The van der Waals surface area contributed by atoms with E-state index in [2.05, 4.69) is 10.4 Å². The van der Waals surface area contributed by atoms with Gasteiger partial charge in [-0.15, -0.1) is 0 Å². The van der Waals surface area contributed by atoms with Gasteiger partial charge >= 0.3 is 6.09 Å². The molecule has 0 saturated heterocycles. The summed E-state index contributed by atoms with van der Waals surface area (Å²) in [5, 5.41) is 7.21. The van der Waals surface area contributed by atoms with E-state index in [0.717, 1.165) is 22.4 Å². The molecule has 0 spiro atoms. The Morgan fingerprint density at radius 3 is 2.54 bits per heavy atom. The van der Waals surface area contributed by atoms with Crippen LogP contribution < -0.4 is 5.32 Å². The van der Waals surface area contributed by atoms with Gasteiger partial charge in [-0.3, -0.25) is 0 Å². The fourth-order valence-corrected chi connectivity index (χ4v) is 2.76. The Bertz CT molecular complexity index is 958. The van der Waals surface area contributed by atoms with Crippen molar-refractivity contribution >= 4 is 6.09 Å². The minimum Gasteiger partial charge on any atom is -0.444 e. The summed E-state index contributed by atoms with van der Waals surface area (Å²) in [5.74, 6) is -0.282. The summed E-state index contributed by atoms with van der Waals surface area (Å²) >= 11 is 0. The smallest absolute Gasteiger partial charge is 0.408 e. The Balaban J connectivity index is 1.76. The number of benzene rings is 2. The summed E-state index contributed by atoms with van der Waals surface area (Å²) in [7, 11) is 0. The Labute approximate surface area is 164 Å². The summed E-state index contributed by atoms with van der Waals surface area (Å²) in [6.07, 6.45) is 3.20. The third-order valence-electron chi connectivity index (χ3n) is 4.13. The molecule has 1 N–H and O–H groups in total. The van der Waals surface area contributed by atoms with Crippen molar-refractivity contribution in [1.82, 2.24) is 15.1 Å². The van der Waals surface area contributed by atoms with E-state index < -0.39 is 11.7 Å². The number of hydrogen-bond donors (Lipinski definition) is 1. The molecule has 0 radical (unpaired) electrons. The number of carbonyl (C=O) groups excluding carboxylic acids is 1. The van der Waals surface area contributed by atoms with Crippen LogP contribution in [0.3, 0.4) is 0 Å². The molecule has 0 unspecified atom stereocenters. The van der Waals surface area contributed by atoms with Gasteiger partial charge in [0, 0.05) is 11.8 Å². The number of aromatic nitrogens is 2. The number of ether oxygens (including phenoxy) is 1. The molecule has 1 atom stereocenters. The van der Waals surface area contributed by atoms with E-state index in [4.69, 9.17) is 4.74 Å². The number of nitrogens with one attached hydrogen (secondary N) is 1. The number of carbonyl (C=O) groups is 1. The second-order valence-corrected chi connectivity index (χ2v) is 7.64. The van der Waals surface area contributed by atoms with E-state index >= 15 is 0 Å². The minimum atomic E-state index is -0.541. The number of hydrogen-bond acceptors (Lipinski definition) is 3. The number of rotatable bonds is 4. The van der Waals surface area contributed by atoms with Gasteiger partial charge in [-0.2, -0.15) is 5.10 Å². The Hall–Kier alpha value is -3.15. The van der Waals surface area contributed by atoms with Gasteiger partial charge in [0.05, 0.1) is 17.9 Å². The zero-order valence-corrected chi connectivity index (χ0v) is 16.4. The summed E-state index contributed by atoms with van der Waals surface area (Å²) in [4.78, 5) is 12.0. The van der Waals surface area contributed by atoms with Gasteiger partial charge in [-0.25, -0.2) is 13.9 Å². The lowest BCUT2D eigenvalue weighted by Gasteiger charge is -2.22. The topological polar surface area (TPSA) is 56.1 Å². The lowest BCUT2D eigenvalue weighted by molar-refractivity contribution is 0.0508. The average Bonchev–Trinajstić information content (AvgIpc) is 3.11. The Kier molecular flexibility index (Phi) is 5.49. The van der Waals surface area contributed by atoms with E-state index in [1.54, 1.807) is 23.0 Å². The number of nitrogens with zero attached hydrogens (tertiary/aromatic N) is 2. The van der Waals surface area contributed by atoms with Crippen molar-refractivity contribution in [3.63, 3.8) is 0 Å². The van der Waals surface area contributed by atoms with Crippen LogP contribution in [0.5, 0.6) is 0 Å². The Morgan fingerprint density at radius 1 is 1.14 bits per heavy atom. The molecule has 6 heteroatoms. The van der Waals surface area contributed by atoms with Crippen molar-refractivity contribution in [3.05, 3.63) is 72.3 Å². The fourth-order valence-electron chi connectivity index (χ4n) is 2.76. The van der Waals surface area contributed by atoms with Crippen LogP contribution in [-0.4, -0.2) is 21.5 Å². The molecule has 2 aromatic carbocycles. The highest BCUT2D eigenvalue weighted by molar-refractivity contribution is 5.69. The second kappa shape index (κ2) is 7.84. The number of halogens is 1. The molecule has 1 aromatic heterocycles. The van der Waals surface area contributed by atoms with Crippen molar-refractivity contribution in [3.8, 4) is 16.8 Å². The first-order valence-corrected chi connectivity index (χ1v) is 9.12. The van der Waals surface area contributed by atoms with Crippen LogP contribution in [-0.2, 0) is 4.74 Å². The SMILES string of the molecule is C[C@@H](NC(=O)OC(C)(C)C)c1cccc(-c2cnn(-c3ccc(F)cc3)c2)c1. The predicted octanol–water partition coefficient (Wildman–Crippen LogP) is 5.26. The van der Waals surface area contributed by atoms with E-state index in [9.17, 15) is 9.18 Å². The van der Waals surface area contributed by atoms with E-state index in [1.165, 1.54) is 12.1 Å². The maximum atomic E-state index is 13.1. The molecule has 28 heavy (non-hydrogen) atoms. The monoisotopic (exact) mass is 381 g/mol. The second-order valence-electron chi connectivity index (χ2n) is 7.64. The predicted molar refractivity (Wildman–Crippen MR) is 107 cm³/mol. The molecule has 0 aliphatic rings. The molecular formula is C22H24FN3O2. The van der Waals surface area contributed by atoms with E-state index in [1.807, 2.05) is 58.2 Å². The van der Waals surface area contributed by atoms with Gasteiger partial charge in [-0.1, -0.05) is 18.2 Å². The number of amides is 1. The van der Waals surface area contributed by atoms with Gasteiger partial charge in [-0.05, 0) is 69.2 Å².